The lowest BCUT2D eigenvalue weighted by Crippen LogP contribution is -2.30. The van der Waals surface area contributed by atoms with E-state index in [1.807, 2.05) is 6.92 Å². The second-order valence-corrected chi connectivity index (χ2v) is 10.3. The Bertz CT molecular complexity index is 1460. The molecule has 204 valence electrons. The van der Waals surface area contributed by atoms with E-state index in [0.717, 1.165) is 5.56 Å². The Hall–Kier alpha value is -3.97. The van der Waals surface area contributed by atoms with Gasteiger partial charge in [-0.05, 0) is 85.8 Å². The zero-order valence-corrected chi connectivity index (χ0v) is 23.4. The number of nitrogens with zero attached hydrogens (tertiary/aromatic N) is 1. The van der Waals surface area contributed by atoms with Crippen LogP contribution in [0.2, 0.25) is 5.02 Å². The summed E-state index contributed by atoms with van der Waals surface area (Å²) in [5.41, 5.74) is 2.59. The van der Waals surface area contributed by atoms with Crippen molar-refractivity contribution >= 4 is 34.7 Å². The topological polar surface area (TPSA) is 96.3 Å². The van der Waals surface area contributed by atoms with Gasteiger partial charge in [0.15, 0.2) is 11.5 Å². The maximum Gasteiger partial charge on any atom is 0.300 e. The van der Waals surface area contributed by atoms with Gasteiger partial charge in [0, 0.05) is 16.3 Å². The molecule has 0 saturated carbocycles. The number of carbonyl (C=O) groups is 2. The minimum Gasteiger partial charge on any atom is -0.507 e. The molecule has 0 radical (unpaired) electrons. The van der Waals surface area contributed by atoms with E-state index in [0.29, 0.717) is 52.3 Å². The molecule has 3 aromatic carbocycles. The van der Waals surface area contributed by atoms with Gasteiger partial charge < -0.3 is 19.7 Å². The van der Waals surface area contributed by atoms with Crippen molar-refractivity contribution in [1.29, 1.82) is 0 Å². The van der Waals surface area contributed by atoms with Gasteiger partial charge in [-0.3, -0.25) is 14.5 Å². The molecule has 2 N–H and O–H groups in total. The molecule has 1 saturated heterocycles. The summed E-state index contributed by atoms with van der Waals surface area (Å²) in [6, 6.07) is 13.8. The monoisotopic (exact) mass is 549 g/mol. The third kappa shape index (κ3) is 5.45. The first-order valence-corrected chi connectivity index (χ1v) is 13.2. The molecular formula is C31H32ClNO6. The summed E-state index contributed by atoms with van der Waals surface area (Å²) in [6.45, 7) is 10.3. The minimum absolute atomic E-state index is 0.0795. The number of carbonyl (C=O) groups excluding carboxylic acids is 2. The average molecular weight is 550 g/mol. The predicted octanol–water partition coefficient (Wildman–Crippen LogP) is 6.72. The van der Waals surface area contributed by atoms with Crippen LogP contribution < -0.4 is 14.4 Å². The maximum atomic E-state index is 13.5. The number of aliphatic hydroxyl groups is 1. The van der Waals surface area contributed by atoms with Crippen LogP contribution in [0, 0.1) is 19.8 Å². The van der Waals surface area contributed by atoms with Crippen LogP contribution in [-0.2, 0) is 9.59 Å². The van der Waals surface area contributed by atoms with Crippen molar-refractivity contribution in [3.63, 3.8) is 0 Å². The number of ether oxygens (including phenoxy) is 2. The number of aromatic hydroxyl groups is 1. The summed E-state index contributed by atoms with van der Waals surface area (Å²) >= 11 is 6.38. The number of hydrogen-bond donors (Lipinski definition) is 2. The number of aryl methyl sites for hydroxylation is 1. The third-order valence-electron chi connectivity index (χ3n) is 6.56. The van der Waals surface area contributed by atoms with Crippen LogP contribution in [0.25, 0.3) is 5.76 Å². The van der Waals surface area contributed by atoms with Crippen LogP contribution in [0.4, 0.5) is 5.69 Å². The highest BCUT2D eigenvalue weighted by Gasteiger charge is 2.47. The normalized spacial score (nSPS) is 16.7. The maximum absolute atomic E-state index is 13.5. The van der Waals surface area contributed by atoms with E-state index < -0.39 is 17.7 Å². The highest BCUT2D eigenvalue weighted by atomic mass is 35.5. The SMILES string of the molecule is CCOc1cc(C2/C(=C(\O)c3ccc(OCC(C)C)c(C)c3)C(=O)C(=O)N2c2cccc(Cl)c2C)ccc1O. The molecule has 1 fully saturated rings. The van der Waals surface area contributed by atoms with Crippen molar-refractivity contribution in [3.8, 4) is 17.2 Å². The minimum atomic E-state index is -1.00. The molecule has 4 rings (SSSR count). The Labute approximate surface area is 233 Å². The number of ketones is 1. The molecular weight excluding hydrogens is 518 g/mol. The van der Waals surface area contributed by atoms with Gasteiger partial charge in [-0.1, -0.05) is 37.6 Å². The second-order valence-electron chi connectivity index (χ2n) is 9.90. The molecule has 0 spiro atoms. The van der Waals surface area contributed by atoms with Gasteiger partial charge in [0.1, 0.15) is 11.5 Å². The summed E-state index contributed by atoms with van der Waals surface area (Å²) < 4.78 is 11.4. The molecule has 0 aromatic heterocycles. The van der Waals surface area contributed by atoms with Crippen LogP contribution in [0.3, 0.4) is 0 Å². The number of rotatable bonds is 8. The highest BCUT2D eigenvalue weighted by Crippen LogP contribution is 2.45. The van der Waals surface area contributed by atoms with Gasteiger partial charge in [-0.15, -0.1) is 0 Å². The molecule has 0 aliphatic carbocycles. The van der Waals surface area contributed by atoms with E-state index in [2.05, 4.69) is 13.8 Å². The Kier molecular flexibility index (Phi) is 8.21. The quantitative estimate of drug-likeness (QED) is 0.184. The molecule has 1 unspecified atom stereocenters. The van der Waals surface area contributed by atoms with E-state index >= 15 is 0 Å². The van der Waals surface area contributed by atoms with Crippen LogP contribution >= 0.6 is 11.6 Å². The van der Waals surface area contributed by atoms with Crippen molar-refractivity contribution in [1.82, 2.24) is 0 Å². The number of phenolic OH excluding ortho intramolecular Hbond substituents is 1. The largest absolute Gasteiger partial charge is 0.507 e. The summed E-state index contributed by atoms with van der Waals surface area (Å²) in [5, 5.41) is 22.3. The number of anilines is 1. The van der Waals surface area contributed by atoms with E-state index in [4.69, 9.17) is 21.1 Å². The van der Waals surface area contributed by atoms with E-state index in [1.54, 1.807) is 62.4 Å². The fraction of sp³-hybridized carbons (Fsp3) is 0.290. The van der Waals surface area contributed by atoms with E-state index in [-0.39, 0.29) is 22.8 Å². The predicted molar refractivity (Wildman–Crippen MR) is 152 cm³/mol. The molecule has 3 aromatic rings. The lowest BCUT2D eigenvalue weighted by atomic mass is 9.94. The fourth-order valence-corrected chi connectivity index (χ4v) is 4.77. The molecule has 1 aliphatic heterocycles. The third-order valence-corrected chi connectivity index (χ3v) is 6.97. The Balaban J connectivity index is 1.92. The summed E-state index contributed by atoms with van der Waals surface area (Å²) in [6.07, 6.45) is 0. The average Bonchev–Trinajstić information content (AvgIpc) is 3.16. The fourth-order valence-electron chi connectivity index (χ4n) is 4.60. The van der Waals surface area contributed by atoms with Crippen LogP contribution in [0.1, 0.15) is 49.1 Å². The molecule has 8 heteroatoms. The second kappa shape index (κ2) is 11.4. The number of benzene rings is 3. The van der Waals surface area contributed by atoms with Gasteiger partial charge in [-0.25, -0.2) is 0 Å². The number of phenols is 1. The first-order chi connectivity index (χ1) is 18.5. The summed E-state index contributed by atoms with van der Waals surface area (Å²) in [4.78, 5) is 28.4. The van der Waals surface area contributed by atoms with Crippen molar-refractivity contribution in [3.05, 3.63) is 87.4 Å². The van der Waals surface area contributed by atoms with Gasteiger partial charge >= 0.3 is 0 Å². The number of halogens is 1. The van der Waals surface area contributed by atoms with Crippen LogP contribution in [0.5, 0.6) is 17.2 Å². The van der Waals surface area contributed by atoms with Gasteiger partial charge in [0.2, 0.25) is 0 Å². The van der Waals surface area contributed by atoms with Gasteiger partial charge in [-0.2, -0.15) is 0 Å². The summed E-state index contributed by atoms with van der Waals surface area (Å²) in [7, 11) is 0. The van der Waals surface area contributed by atoms with Crippen molar-refractivity contribution in [2.45, 2.75) is 40.7 Å². The Morgan fingerprint density at radius 2 is 1.77 bits per heavy atom. The van der Waals surface area contributed by atoms with E-state index in [1.165, 1.54) is 11.0 Å². The molecule has 1 atom stereocenters. The lowest BCUT2D eigenvalue weighted by molar-refractivity contribution is -0.132. The van der Waals surface area contributed by atoms with E-state index in [9.17, 15) is 19.8 Å². The lowest BCUT2D eigenvalue weighted by Gasteiger charge is -2.27. The zero-order chi connectivity index (χ0) is 28.4. The molecule has 1 amide bonds. The Morgan fingerprint density at radius 3 is 2.44 bits per heavy atom. The number of aliphatic hydroxyl groups excluding tert-OH is 1. The number of amides is 1. The van der Waals surface area contributed by atoms with Crippen LogP contribution in [-0.4, -0.2) is 35.1 Å². The first kappa shape index (κ1) is 28.0. The molecule has 39 heavy (non-hydrogen) atoms. The molecule has 0 bridgehead atoms. The van der Waals surface area contributed by atoms with Gasteiger partial charge in [0.25, 0.3) is 11.7 Å². The summed E-state index contributed by atoms with van der Waals surface area (Å²) in [5.74, 6) is -0.811. The molecule has 1 heterocycles. The highest BCUT2D eigenvalue weighted by molar-refractivity contribution is 6.52. The Morgan fingerprint density at radius 1 is 1.03 bits per heavy atom. The van der Waals surface area contributed by atoms with Gasteiger partial charge in [0.05, 0.1) is 24.8 Å². The first-order valence-electron chi connectivity index (χ1n) is 12.8. The zero-order valence-electron chi connectivity index (χ0n) is 22.6. The number of Topliss-reactive ketones (excluding diaryl/α,β-unsaturated/α-hetero) is 1. The van der Waals surface area contributed by atoms with Crippen molar-refractivity contribution in [2.75, 3.05) is 18.1 Å². The number of hydrogen-bond acceptors (Lipinski definition) is 6. The molecule has 1 aliphatic rings. The van der Waals surface area contributed by atoms with Crippen LogP contribution in [0.15, 0.2) is 60.2 Å². The van der Waals surface area contributed by atoms with Crippen molar-refractivity contribution < 1.29 is 29.3 Å². The standard InChI is InChI=1S/C31H32ClNO6/c1-6-38-26-15-20(10-12-24(26)34)28-27(29(35)21-11-13-25(18(4)14-21)39-16-17(2)3)30(36)31(37)33(28)23-9-7-8-22(32)19(23)5/h7-15,17,28,34-35H,6,16H2,1-5H3/b29-27+. The molecule has 7 nitrogen and oxygen atoms in total. The van der Waals surface area contributed by atoms with Crippen molar-refractivity contribution in [2.24, 2.45) is 5.92 Å². The smallest absolute Gasteiger partial charge is 0.300 e.